The lowest BCUT2D eigenvalue weighted by Gasteiger charge is -2.09. The number of fused-ring (bicyclic) bond motifs is 1. The number of imidazole rings is 1. The van der Waals surface area contributed by atoms with Gasteiger partial charge in [-0.05, 0) is 44.2 Å². The average molecular weight is 342 g/mol. The van der Waals surface area contributed by atoms with Crippen molar-refractivity contribution in [3.8, 4) is 5.75 Å². The molecule has 0 saturated carbocycles. The van der Waals surface area contributed by atoms with E-state index in [2.05, 4.69) is 4.98 Å². The normalized spacial score (nSPS) is 12.3. The van der Waals surface area contributed by atoms with Gasteiger partial charge < -0.3 is 9.14 Å². The molecule has 24 heavy (non-hydrogen) atoms. The second-order valence-corrected chi connectivity index (χ2v) is 6.96. The minimum atomic E-state index is -1.31. The number of hydrogen-bond acceptors (Lipinski definition) is 4. The van der Waals surface area contributed by atoms with E-state index in [1.165, 1.54) is 14.0 Å². The fourth-order valence-electron chi connectivity index (χ4n) is 2.56. The van der Waals surface area contributed by atoms with Crippen LogP contribution >= 0.6 is 0 Å². The van der Waals surface area contributed by atoms with Crippen molar-refractivity contribution in [3.63, 3.8) is 0 Å². The Morgan fingerprint density at radius 3 is 2.75 bits per heavy atom. The molecule has 0 spiro atoms. The number of Topliss-reactive ketones (excluding diaryl/α,β-unsaturated/α-hetero) is 1. The Kier molecular flexibility index (Phi) is 4.49. The fourth-order valence-corrected chi connectivity index (χ4v) is 3.70. The summed E-state index contributed by atoms with van der Waals surface area (Å²) in [5.74, 6) is 0.694. The molecule has 3 rings (SSSR count). The van der Waals surface area contributed by atoms with Gasteiger partial charge in [0.25, 0.3) is 0 Å². The number of ketones is 1. The first-order valence-corrected chi connectivity index (χ1v) is 8.82. The van der Waals surface area contributed by atoms with Crippen LogP contribution in [0.5, 0.6) is 5.75 Å². The smallest absolute Gasteiger partial charge is 0.159 e. The molecule has 6 heteroatoms. The van der Waals surface area contributed by atoms with Gasteiger partial charge in [0, 0.05) is 17.5 Å². The van der Waals surface area contributed by atoms with Crippen molar-refractivity contribution in [2.75, 3.05) is 7.11 Å². The Morgan fingerprint density at radius 1 is 1.29 bits per heavy atom. The number of aromatic nitrogens is 2. The molecule has 0 saturated heterocycles. The van der Waals surface area contributed by atoms with Crippen LogP contribution in [0.1, 0.15) is 28.7 Å². The maximum Gasteiger partial charge on any atom is 0.159 e. The highest BCUT2D eigenvalue weighted by Crippen LogP contribution is 2.26. The van der Waals surface area contributed by atoms with Crippen molar-refractivity contribution in [1.82, 2.24) is 9.38 Å². The van der Waals surface area contributed by atoms with E-state index in [4.69, 9.17) is 4.74 Å². The van der Waals surface area contributed by atoms with Gasteiger partial charge in [-0.1, -0.05) is 6.07 Å². The number of nitrogens with zero attached hydrogens (tertiary/aromatic N) is 2. The fraction of sp³-hybridized carbons (Fsp3) is 0.222. The number of benzene rings is 1. The molecule has 1 unspecified atom stereocenters. The summed E-state index contributed by atoms with van der Waals surface area (Å²) >= 11 is 0. The van der Waals surface area contributed by atoms with Gasteiger partial charge >= 0.3 is 0 Å². The molecule has 5 nitrogen and oxygen atoms in total. The number of ether oxygens (including phenoxy) is 1. The molecular formula is C18H18N2O3S. The van der Waals surface area contributed by atoms with Gasteiger partial charge in [0.05, 0.1) is 34.3 Å². The maximum atomic E-state index is 12.7. The Morgan fingerprint density at radius 2 is 2.08 bits per heavy atom. The molecule has 0 fully saturated rings. The standard InChI is InChI=1S/C18H18N2O3S/c1-12-5-4-6-18-19-15(10-20(12)18)11-24(22)17-8-7-14(13(2)21)9-16(17)23-3/h4-10H,11H2,1-3H3. The van der Waals surface area contributed by atoms with Crippen LogP contribution in [0.15, 0.2) is 47.5 Å². The largest absolute Gasteiger partial charge is 0.495 e. The molecule has 3 aromatic rings. The van der Waals surface area contributed by atoms with Gasteiger partial charge in [-0.15, -0.1) is 0 Å². The zero-order valence-electron chi connectivity index (χ0n) is 13.8. The highest BCUT2D eigenvalue weighted by atomic mass is 32.2. The predicted octanol–water partition coefficient (Wildman–Crippen LogP) is 3.16. The minimum absolute atomic E-state index is 0.0542. The lowest BCUT2D eigenvalue weighted by molar-refractivity contribution is 0.101. The Hall–Kier alpha value is -2.47. The average Bonchev–Trinajstić information content (AvgIpc) is 2.98. The van der Waals surface area contributed by atoms with Gasteiger partial charge in [0.2, 0.25) is 0 Å². The van der Waals surface area contributed by atoms with Gasteiger partial charge in [-0.2, -0.15) is 0 Å². The first-order chi connectivity index (χ1) is 11.5. The van der Waals surface area contributed by atoms with Crippen molar-refractivity contribution in [3.05, 3.63) is 59.5 Å². The van der Waals surface area contributed by atoms with E-state index in [-0.39, 0.29) is 11.5 Å². The van der Waals surface area contributed by atoms with Crippen molar-refractivity contribution >= 4 is 22.2 Å². The van der Waals surface area contributed by atoms with Gasteiger partial charge in [-0.25, -0.2) is 4.98 Å². The number of carbonyl (C=O) groups excluding carboxylic acids is 1. The Balaban J connectivity index is 1.91. The number of aryl methyl sites for hydroxylation is 1. The topological polar surface area (TPSA) is 60.7 Å². The van der Waals surface area contributed by atoms with Crippen molar-refractivity contribution in [2.24, 2.45) is 0 Å². The highest BCUT2D eigenvalue weighted by Gasteiger charge is 2.15. The van der Waals surface area contributed by atoms with Crippen LogP contribution in [0.3, 0.4) is 0 Å². The summed E-state index contributed by atoms with van der Waals surface area (Å²) in [4.78, 5) is 16.6. The zero-order valence-corrected chi connectivity index (χ0v) is 14.6. The lowest BCUT2D eigenvalue weighted by atomic mass is 10.1. The lowest BCUT2D eigenvalue weighted by Crippen LogP contribution is -2.02. The number of methoxy groups -OCH3 is 1. The molecule has 2 heterocycles. The third kappa shape index (κ3) is 3.10. The molecule has 0 bridgehead atoms. The molecule has 0 aliphatic rings. The van der Waals surface area contributed by atoms with Crippen LogP contribution < -0.4 is 4.74 Å². The molecule has 124 valence electrons. The zero-order chi connectivity index (χ0) is 17.3. The van der Waals surface area contributed by atoms with E-state index in [1.54, 1.807) is 18.2 Å². The van der Waals surface area contributed by atoms with Crippen LogP contribution in [-0.2, 0) is 16.6 Å². The molecule has 0 radical (unpaired) electrons. The molecular weight excluding hydrogens is 324 g/mol. The van der Waals surface area contributed by atoms with Crippen molar-refractivity contribution in [2.45, 2.75) is 24.5 Å². The molecule has 1 aromatic carbocycles. The molecule has 2 aromatic heterocycles. The van der Waals surface area contributed by atoms with E-state index in [9.17, 15) is 9.00 Å². The molecule has 0 N–H and O–H groups in total. The Bertz CT molecular complexity index is 947. The van der Waals surface area contributed by atoms with Crippen LogP contribution in [0.4, 0.5) is 0 Å². The van der Waals surface area contributed by atoms with E-state index < -0.39 is 10.8 Å². The van der Waals surface area contributed by atoms with Crippen LogP contribution in [0.25, 0.3) is 5.65 Å². The summed E-state index contributed by atoms with van der Waals surface area (Å²) in [5, 5.41) is 0. The van der Waals surface area contributed by atoms with Crippen molar-refractivity contribution in [1.29, 1.82) is 0 Å². The second-order valence-electron chi connectivity index (χ2n) is 5.54. The van der Waals surface area contributed by atoms with E-state index in [0.29, 0.717) is 16.2 Å². The number of rotatable bonds is 5. The molecule has 1 atom stereocenters. The third-order valence-corrected chi connectivity index (χ3v) is 5.23. The predicted molar refractivity (Wildman–Crippen MR) is 93.0 cm³/mol. The summed E-state index contributed by atoms with van der Waals surface area (Å²) in [6.45, 7) is 3.49. The summed E-state index contributed by atoms with van der Waals surface area (Å²) in [7, 11) is 0.195. The van der Waals surface area contributed by atoms with Crippen LogP contribution in [-0.4, -0.2) is 26.5 Å². The monoisotopic (exact) mass is 342 g/mol. The van der Waals surface area contributed by atoms with Gasteiger partial charge in [0.15, 0.2) is 5.78 Å². The van der Waals surface area contributed by atoms with E-state index >= 15 is 0 Å². The maximum absolute atomic E-state index is 12.7. The number of hydrogen-bond donors (Lipinski definition) is 0. The third-order valence-electron chi connectivity index (χ3n) is 3.84. The number of pyridine rings is 1. The summed E-state index contributed by atoms with van der Waals surface area (Å²) in [6.07, 6.45) is 1.90. The number of carbonyl (C=O) groups is 1. The highest BCUT2D eigenvalue weighted by molar-refractivity contribution is 7.84. The second kappa shape index (κ2) is 6.57. The molecule has 0 amide bonds. The molecule has 0 aliphatic carbocycles. The SMILES string of the molecule is COc1cc(C(C)=O)ccc1S(=O)Cc1cn2c(C)cccc2n1. The van der Waals surface area contributed by atoms with Gasteiger partial charge in [-0.3, -0.25) is 9.00 Å². The summed E-state index contributed by atoms with van der Waals surface area (Å²) in [5.41, 5.74) is 3.19. The van der Waals surface area contributed by atoms with Gasteiger partial charge in [0.1, 0.15) is 11.4 Å². The minimum Gasteiger partial charge on any atom is -0.495 e. The van der Waals surface area contributed by atoms with Crippen molar-refractivity contribution < 1.29 is 13.7 Å². The molecule has 0 aliphatic heterocycles. The Labute approximate surface area is 142 Å². The summed E-state index contributed by atoms with van der Waals surface area (Å²) in [6, 6.07) is 10.9. The quantitative estimate of drug-likeness (QED) is 0.668. The van der Waals surface area contributed by atoms with Crippen LogP contribution in [0, 0.1) is 6.92 Å². The van der Waals surface area contributed by atoms with E-state index in [1.807, 2.05) is 35.7 Å². The first-order valence-electron chi connectivity index (χ1n) is 7.50. The van der Waals surface area contributed by atoms with Crippen LogP contribution in [0.2, 0.25) is 0 Å². The first kappa shape index (κ1) is 16.4. The van der Waals surface area contributed by atoms with E-state index in [0.717, 1.165) is 17.0 Å². The summed E-state index contributed by atoms with van der Waals surface area (Å²) < 4.78 is 20.0.